The molecule has 1 aromatic rings. The van der Waals surface area contributed by atoms with Crippen LogP contribution in [0, 0.1) is 0 Å². The van der Waals surface area contributed by atoms with Crippen molar-refractivity contribution in [1.29, 1.82) is 0 Å². The number of hydrogen-bond donors (Lipinski definition) is 1. The molecule has 0 radical (unpaired) electrons. The number of carboxylic acid groups (broad SMARTS) is 1. The number of carbonyl (C=O) groups is 3. The van der Waals surface area contributed by atoms with E-state index < -0.39 is 38.0 Å². The molecular formula is C22H29F2O7PS2. The third-order valence-electron chi connectivity index (χ3n) is 4.14. The molecule has 190 valence electrons. The van der Waals surface area contributed by atoms with E-state index in [0.717, 1.165) is 41.7 Å². The molecule has 0 atom stereocenters. The molecule has 0 saturated carbocycles. The van der Waals surface area contributed by atoms with Gasteiger partial charge in [0.1, 0.15) is 0 Å². The Kier molecular flexibility index (Phi) is 13.9. The number of rotatable bonds is 16. The first-order valence-corrected chi connectivity index (χ1v) is 14.2. The van der Waals surface area contributed by atoms with Crippen LogP contribution in [0.4, 0.5) is 8.78 Å². The Morgan fingerprint density at radius 1 is 0.971 bits per heavy atom. The van der Waals surface area contributed by atoms with Crippen LogP contribution in [0.15, 0.2) is 30.3 Å². The summed E-state index contributed by atoms with van der Waals surface area (Å²) in [5.41, 5.74) is -4.29. The van der Waals surface area contributed by atoms with Gasteiger partial charge in [0.2, 0.25) is 0 Å². The fourth-order valence-corrected chi connectivity index (χ4v) is 5.76. The van der Waals surface area contributed by atoms with Crippen molar-refractivity contribution in [2.24, 2.45) is 0 Å². The van der Waals surface area contributed by atoms with Crippen LogP contribution in [0.3, 0.4) is 0 Å². The van der Waals surface area contributed by atoms with Crippen LogP contribution in [0.1, 0.15) is 50.7 Å². The van der Waals surface area contributed by atoms with Crippen LogP contribution in [0.5, 0.6) is 0 Å². The van der Waals surface area contributed by atoms with Gasteiger partial charge < -0.3 is 14.2 Å². The third-order valence-corrected chi connectivity index (χ3v) is 7.93. The Bertz CT molecular complexity index is 862. The lowest BCUT2D eigenvalue weighted by Crippen LogP contribution is -2.20. The second kappa shape index (κ2) is 15.5. The molecule has 0 aliphatic carbocycles. The van der Waals surface area contributed by atoms with E-state index in [9.17, 15) is 18.9 Å². The third kappa shape index (κ3) is 10.4. The quantitative estimate of drug-likeness (QED) is 0.150. The normalized spacial score (nSPS) is 12.2. The predicted octanol–water partition coefficient (Wildman–Crippen LogP) is 6.18. The van der Waals surface area contributed by atoms with Crippen molar-refractivity contribution < 1.29 is 41.9 Å². The lowest BCUT2D eigenvalue weighted by atomic mass is 10.1. The van der Waals surface area contributed by atoms with Gasteiger partial charge >= 0.3 is 19.2 Å². The SMILES string of the molecule is CCCC(=O)SCCOP(=O)(OCCSC(=O)CCC)C(F)(F)c1ccc(/C=C/C(=O)O)cc1. The molecule has 0 heterocycles. The van der Waals surface area contributed by atoms with E-state index in [1.807, 2.05) is 13.8 Å². The highest BCUT2D eigenvalue weighted by Crippen LogP contribution is 2.66. The van der Waals surface area contributed by atoms with E-state index >= 15 is 8.78 Å². The molecule has 0 aliphatic heterocycles. The Labute approximate surface area is 206 Å². The highest BCUT2D eigenvalue weighted by molar-refractivity contribution is 8.13. The van der Waals surface area contributed by atoms with Crippen LogP contribution < -0.4 is 0 Å². The molecule has 12 heteroatoms. The summed E-state index contributed by atoms with van der Waals surface area (Å²) in [5.74, 6) is -1.12. The maximum atomic E-state index is 15.3. The minimum atomic E-state index is -5.04. The van der Waals surface area contributed by atoms with Crippen LogP contribution >= 0.6 is 31.1 Å². The smallest absolute Gasteiger partial charge is 0.404 e. The highest BCUT2D eigenvalue weighted by Gasteiger charge is 2.55. The monoisotopic (exact) mass is 538 g/mol. The van der Waals surface area contributed by atoms with Gasteiger partial charge in [-0.15, -0.1) is 0 Å². The zero-order valence-corrected chi connectivity index (χ0v) is 21.6. The maximum absolute atomic E-state index is 15.3. The molecule has 34 heavy (non-hydrogen) atoms. The van der Waals surface area contributed by atoms with E-state index in [4.69, 9.17) is 14.2 Å². The minimum Gasteiger partial charge on any atom is -0.478 e. The van der Waals surface area contributed by atoms with Crippen molar-refractivity contribution in [1.82, 2.24) is 0 Å². The molecule has 1 aromatic carbocycles. The zero-order valence-electron chi connectivity index (χ0n) is 19.0. The number of carboxylic acids is 1. The molecule has 0 unspecified atom stereocenters. The summed E-state index contributed by atoms with van der Waals surface area (Å²) >= 11 is 1.81. The summed E-state index contributed by atoms with van der Waals surface area (Å²) in [7, 11) is -5.04. The maximum Gasteiger partial charge on any atom is 0.404 e. The summed E-state index contributed by atoms with van der Waals surface area (Å²) in [5, 5.41) is 8.44. The fourth-order valence-electron chi connectivity index (χ4n) is 2.50. The molecular weight excluding hydrogens is 509 g/mol. The lowest BCUT2D eigenvalue weighted by Gasteiger charge is -2.26. The molecule has 0 bridgehead atoms. The van der Waals surface area contributed by atoms with Gasteiger partial charge in [0.25, 0.3) is 0 Å². The average Bonchev–Trinajstić information content (AvgIpc) is 2.79. The van der Waals surface area contributed by atoms with Gasteiger partial charge in [0.15, 0.2) is 10.2 Å². The van der Waals surface area contributed by atoms with Crippen molar-refractivity contribution in [3.63, 3.8) is 0 Å². The number of benzene rings is 1. The Morgan fingerprint density at radius 3 is 1.85 bits per heavy atom. The first-order chi connectivity index (χ1) is 16.1. The van der Waals surface area contributed by atoms with Crippen LogP contribution in [0.2, 0.25) is 0 Å². The van der Waals surface area contributed by atoms with Gasteiger partial charge in [-0.25, -0.2) is 4.79 Å². The van der Waals surface area contributed by atoms with Crippen molar-refractivity contribution in [3.8, 4) is 0 Å². The first-order valence-electron chi connectivity index (χ1n) is 10.7. The molecule has 7 nitrogen and oxygen atoms in total. The van der Waals surface area contributed by atoms with Crippen molar-refractivity contribution in [2.75, 3.05) is 24.7 Å². The number of thioether (sulfide) groups is 2. The number of aliphatic carboxylic acids is 1. The summed E-state index contributed by atoms with van der Waals surface area (Å²) < 4.78 is 53.9. The van der Waals surface area contributed by atoms with Crippen molar-refractivity contribution >= 4 is 53.4 Å². The van der Waals surface area contributed by atoms with E-state index in [-0.39, 0.29) is 21.7 Å². The second-order valence-corrected chi connectivity index (χ2v) is 11.3. The van der Waals surface area contributed by atoms with Crippen LogP contribution in [-0.2, 0) is 33.7 Å². The molecule has 0 aromatic heterocycles. The van der Waals surface area contributed by atoms with E-state index in [0.29, 0.717) is 31.2 Å². The molecule has 0 aliphatic rings. The van der Waals surface area contributed by atoms with Crippen molar-refractivity contribution in [2.45, 2.75) is 45.2 Å². The molecule has 1 N–H and O–H groups in total. The summed E-state index contributed by atoms with van der Waals surface area (Å²) in [6, 6.07) is 4.54. The van der Waals surface area contributed by atoms with Gasteiger partial charge in [-0.2, -0.15) is 8.78 Å². The molecule has 0 amide bonds. The zero-order chi connectivity index (χ0) is 25.6. The van der Waals surface area contributed by atoms with Gasteiger partial charge in [-0.1, -0.05) is 61.6 Å². The average molecular weight is 539 g/mol. The standard InChI is InChI=1S/C22H29F2O7PS2/c1-3-5-20(27)33-15-13-30-32(29,31-14-16-34-21(28)6-4-2)22(23,24)18-10-7-17(8-11-18)9-12-19(25)26/h7-12H,3-6,13-16H2,1-2H3,(H,25,26)/b12-9+. The number of hydrogen-bond acceptors (Lipinski definition) is 8. The predicted molar refractivity (Wildman–Crippen MR) is 131 cm³/mol. The van der Waals surface area contributed by atoms with Crippen LogP contribution in [-0.4, -0.2) is 46.0 Å². The summed E-state index contributed by atoms with van der Waals surface area (Å²) in [6.45, 7) is 2.88. The Morgan fingerprint density at radius 2 is 1.44 bits per heavy atom. The molecule has 0 saturated heterocycles. The van der Waals surface area contributed by atoms with Gasteiger partial charge in [0, 0.05) is 36.0 Å². The fraction of sp³-hybridized carbons (Fsp3) is 0.500. The Hall–Kier alpha value is -1.52. The highest BCUT2D eigenvalue weighted by atomic mass is 32.2. The van der Waals surface area contributed by atoms with E-state index in [1.165, 1.54) is 18.2 Å². The van der Waals surface area contributed by atoms with Crippen LogP contribution in [0.25, 0.3) is 6.08 Å². The van der Waals surface area contributed by atoms with Crippen molar-refractivity contribution in [3.05, 3.63) is 41.5 Å². The number of alkyl halides is 2. The number of carbonyl (C=O) groups excluding carboxylic acids is 2. The first kappa shape index (κ1) is 30.5. The lowest BCUT2D eigenvalue weighted by molar-refractivity contribution is -0.131. The molecule has 0 spiro atoms. The van der Waals surface area contributed by atoms with Gasteiger partial charge in [-0.3, -0.25) is 14.2 Å². The number of halogens is 2. The minimum absolute atomic E-state index is 0.0327. The van der Waals surface area contributed by atoms with E-state index in [2.05, 4.69) is 0 Å². The van der Waals surface area contributed by atoms with E-state index in [1.54, 1.807) is 0 Å². The topological polar surface area (TPSA) is 107 Å². The van der Waals surface area contributed by atoms with Gasteiger partial charge in [-0.05, 0) is 24.5 Å². The summed E-state index contributed by atoms with van der Waals surface area (Å²) in [6.07, 6.45) is 4.06. The summed E-state index contributed by atoms with van der Waals surface area (Å²) in [4.78, 5) is 33.9. The largest absolute Gasteiger partial charge is 0.478 e. The Balaban J connectivity index is 2.96. The van der Waals surface area contributed by atoms with Gasteiger partial charge in [0.05, 0.1) is 13.2 Å². The second-order valence-electron chi connectivity index (χ2n) is 6.94. The molecule has 1 rings (SSSR count). The molecule has 0 fully saturated rings.